The smallest absolute Gasteiger partial charge is 0.220 e. The van der Waals surface area contributed by atoms with Crippen LogP contribution in [-0.2, 0) is 14.3 Å². The standard InChI is InChI=1S/C12H14O3/c13-9-6-7-11(14)12(8-9)15-10-4-2-1-3-5-10/h6-8,10H,1-5H2. The first-order chi connectivity index (χ1) is 7.25. The highest BCUT2D eigenvalue weighted by Gasteiger charge is 2.20. The zero-order valence-corrected chi connectivity index (χ0v) is 8.57. The fourth-order valence-electron chi connectivity index (χ4n) is 1.94. The molecule has 15 heavy (non-hydrogen) atoms. The Morgan fingerprint density at radius 2 is 1.80 bits per heavy atom. The molecule has 0 aromatic carbocycles. The molecule has 0 spiro atoms. The van der Waals surface area contributed by atoms with Crippen LogP contribution in [0.5, 0.6) is 0 Å². The van der Waals surface area contributed by atoms with Crippen LogP contribution in [0.4, 0.5) is 0 Å². The minimum Gasteiger partial charge on any atom is -0.486 e. The highest BCUT2D eigenvalue weighted by Crippen LogP contribution is 2.23. The summed E-state index contributed by atoms with van der Waals surface area (Å²) in [7, 11) is 0. The van der Waals surface area contributed by atoms with E-state index in [0.717, 1.165) is 25.7 Å². The number of ether oxygens (including phenoxy) is 1. The van der Waals surface area contributed by atoms with E-state index in [-0.39, 0.29) is 23.4 Å². The largest absolute Gasteiger partial charge is 0.486 e. The normalized spacial score (nSPS) is 22.8. The first-order valence-electron chi connectivity index (χ1n) is 5.40. The number of carbonyl (C=O) groups is 2. The van der Waals surface area contributed by atoms with Gasteiger partial charge in [-0.2, -0.15) is 0 Å². The van der Waals surface area contributed by atoms with Gasteiger partial charge in [-0.05, 0) is 37.8 Å². The van der Waals surface area contributed by atoms with Crippen LogP contribution in [0.1, 0.15) is 32.1 Å². The highest BCUT2D eigenvalue weighted by molar-refractivity contribution is 6.16. The number of rotatable bonds is 2. The fraction of sp³-hybridized carbons (Fsp3) is 0.500. The number of ketones is 2. The van der Waals surface area contributed by atoms with E-state index in [1.54, 1.807) is 0 Å². The van der Waals surface area contributed by atoms with Gasteiger partial charge in [0.25, 0.3) is 0 Å². The van der Waals surface area contributed by atoms with Crippen molar-refractivity contribution in [2.24, 2.45) is 0 Å². The van der Waals surface area contributed by atoms with Gasteiger partial charge in [0, 0.05) is 6.08 Å². The van der Waals surface area contributed by atoms with E-state index in [4.69, 9.17) is 4.74 Å². The predicted octanol–water partition coefficient (Wildman–Crippen LogP) is 1.93. The van der Waals surface area contributed by atoms with Crippen molar-refractivity contribution in [1.82, 2.24) is 0 Å². The monoisotopic (exact) mass is 206 g/mol. The van der Waals surface area contributed by atoms with Crippen LogP contribution in [-0.4, -0.2) is 17.7 Å². The summed E-state index contributed by atoms with van der Waals surface area (Å²) in [5, 5.41) is 0. The SMILES string of the molecule is O=C1C=CC(=O)C(OC2CCCCC2)=C1. The first kappa shape index (κ1) is 10.1. The van der Waals surface area contributed by atoms with Crippen molar-refractivity contribution in [3.63, 3.8) is 0 Å². The molecule has 0 bridgehead atoms. The summed E-state index contributed by atoms with van der Waals surface area (Å²) in [6.07, 6.45) is 9.48. The van der Waals surface area contributed by atoms with Crippen LogP contribution >= 0.6 is 0 Å². The summed E-state index contributed by atoms with van der Waals surface area (Å²) in [4.78, 5) is 22.4. The lowest BCUT2D eigenvalue weighted by molar-refractivity contribution is -0.118. The Morgan fingerprint density at radius 3 is 2.53 bits per heavy atom. The number of carbonyl (C=O) groups excluding carboxylic acids is 2. The topological polar surface area (TPSA) is 43.4 Å². The lowest BCUT2D eigenvalue weighted by Gasteiger charge is -2.23. The Bertz CT molecular complexity index is 333. The molecule has 3 heteroatoms. The second-order valence-electron chi connectivity index (χ2n) is 3.99. The molecule has 0 radical (unpaired) electrons. The van der Waals surface area contributed by atoms with Crippen LogP contribution in [0.25, 0.3) is 0 Å². The van der Waals surface area contributed by atoms with Gasteiger partial charge >= 0.3 is 0 Å². The van der Waals surface area contributed by atoms with E-state index < -0.39 is 0 Å². The van der Waals surface area contributed by atoms with Crippen molar-refractivity contribution < 1.29 is 14.3 Å². The molecule has 1 fully saturated rings. The van der Waals surface area contributed by atoms with Crippen LogP contribution < -0.4 is 0 Å². The molecule has 2 aliphatic rings. The first-order valence-corrected chi connectivity index (χ1v) is 5.40. The van der Waals surface area contributed by atoms with Gasteiger partial charge in [-0.15, -0.1) is 0 Å². The van der Waals surface area contributed by atoms with Gasteiger partial charge in [0.15, 0.2) is 11.5 Å². The van der Waals surface area contributed by atoms with Crippen molar-refractivity contribution in [2.45, 2.75) is 38.2 Å². The summed E-state index contributed by atoms with van der Waals surface area (Å²) in [5.41, 5.74) is 0. The molecular formula is C12H14O3. The molecule has 2 rings (SSSR count). The van der Waals surface area contributed by atoms with Crippen LogP contribution in [0.3, 0.4) is 0 Å². The average Bonchev–Trinajstić information content (AvgIpc) is 2.25. The van der Waals surface area contributed by atoms with Crippen molar-refractivity contribution in [2.75, 3.05) is 0 Å². The zero-order valence-electron chi connectivity index (χ0n) is 8.57. The van der Waals surface area contributed by atoms with E-state index in [1.807, 2.05) is 0 Å². The van der Waals surface area contributed by atoms with Gasteiger partial charge in [0.05, 0.1) is 6.10 Å². The van der Waals surface area contributed by atoms with Crippen molar-refractivity contribution in [1.29, 1.82) is 0 Å². The van der Waals surface area contributed by atoms with Gasteiger partial charge in [-0.25, -0.2) is 0 Å². The predicted molar refractivity (Wildman–Crippen MR) is 55.2 cm³/mol. The molecule has 2 aliphatic carbocycles. The third-order valence-corrected chi connectivity index (χ3v) is 2.76. The molecule has 0 N–H and O–H groups in total. The molecule has 0 unspecified atom stereocenters. The molecular weight excluding hydrogens is 192 g/mol. The van der Waals surface area contributed by atoms with Gasteiger partial charge in [-0.3, -0.25) is 9.59 Å². The summed E-state index contributed by atoms with van der Waals surface area (Å²) in [6.45, 7) is 0. The molecule has 1 saturated carbocycles. The molecule has 0 aromatic heterocycles. The number of hydrogen-bond donors (Lipinski definition) is 0. The molecule has 80 valence electrons. The van der Waals surface area contributed by atoms with Gasteiger partial charge in [0.2, 0.25) is 5.78 Å². The Hall–Kier alpha value is -1.38. The lowest BCUT2D eigenvalue weighted by Crippen LogP contribution is -2.20. The van der Waals surface area contributed by atoms with Gasteiger partial charge < -0.3 is 4.74 Å². The molecule has 0 saturated heterocycles. The van der Waals surface area contributed by atoms with E-state index in [9.17, 15) is 9.59 Å². The summed E-state index contributed by atoms with van der Waals surface area (Å²) in [5.74, 6) is -0.144. The maximum atomic E-state index is 11.4. The minimum absolute atomic E-state index is 0.119. The molecule has 0 amide bonds. The van der Waals surface area contributed by atoms with Crippen LogP contribution in [0, 0.1) is 0 Å². The second-order valence-corrected chi connectivity index (χ2v) is 3.99. The van der Waals surface area contributed by atoms with E-state index in [2.05, 4.69) is 0 Å². The summed E-state index contributed by atoms with van der Waals surface area (Å²) in [6, 6.07) is 0. The third-order valence-electron chi connectivity index (χ3n) is 2.76. The van der Waals surface area contributed by atoms with E-state index in [1.165, 1.54) is 24.6 Å². The van der Waals surface area contributed by atoms with Crippen LogP contribution in [0.15, 0.2) is 24.0 Å². The molecule has 0 aliphatic heterocycles. The molecule has 0 aromatic rings. The maximum Gasteiger partial charge on any atom is 0.220 e. The van der Waals surface area contributed by atoms with Crippen molar-refractivity contribution in [3.05, 3.63) is 24.0 Å². The zero-order chi connectivity index (χ0) is 10.7. The number of hydrogen-bond acceptors (Lipinski definition) is 3. The van der Waals surface area contributed by atoms with E-state index in [0.29, 0.717) is 0 Å². The Labute approximate surface area is 88.8 Å². The molecule has 0 atom stereocenters. The van der Waals surface area contributed by atoms with E-state index >= 15 is 0 Å². The summed E-state index contributed by atoms with van der Waals surface area (Å²) < 4.78 is 5.55. The van der Waals surface area contributed by atoms with Crippen LogP contribution in [0.2, 0.25) is 0 Å². The fourth-order valence-corrected chi connectivity index (χ4v) is 1.94. The summed E-state index contributed by atoms with van der Waals surface area (Å²) >= 11 is 0. The van der Waals surface area contributed by atoms with Crippen molar-refractivity contribution in [3.8, 4) is 0 Å². The molecule has 3 nitrogen and oxygen atoms in total. The maximum absolute atomic E-state index is 11.4. The lowest BCUT2D eigenvalue weighted by atomic mass is 9.97. The third kappa shape index (κ3) is 2.55. The highest BCUT2D eigenvalue weighted by atomic mass is 16.5. The molecule has 0 heterocycles. The quantitative estimate of drug-likeness (QED) is 0.648. The minimum atomic E-state index is -0.194. The Kier molecular flexibility index (Phi) is 2.99. The van der Waals surface area contributed by atoms with Gasteiger partial charge in [0.1, 0.15) is 0 Å². The Balaban J connectivity index is 1.98. The second kappa shape index (κ2) is 4.43. The van der Waals surface area contributed by atoms with Gasteiger partial charge in [-0.1, -0.05) is 6.42 Å². The number of allylic oxidation sites excluding steroid dienone is 3. The average molecular weight is 206 g/mol. The Morgan fingerprint density at radius 1 is 1.07 bits per heavy atom. The van der Waals surface area contributed by atoms with Crippen molar-refractivity contribution >= 4 is 11.6 Å².